The number of hydrogen-bond acceptors (Lipinski definition) is 3. The van der Waals surface area contributed by atoms with Crippen LogP contribution in [0.5, 0.6) is 5.75 Å². The molecule has 15 heavy (non-hydrogen) atoms. The van der Waals surface area contributed by atoms with Crippen LogP contribution < -0.4 is 10.5 Å². The Morgan fingerprint density at radius 3 is 2.27 bits per heavy atom. The molecule has 0 atom stereocenters. The number of rotatable bonds is 3. The summed E-state index contributed by atoms with van der Waals surface area (Å²) >= 11 is 0. The first-order chi connectivity index (χ1) is 6.99. The fourth-order valence-electron chi connectivity index (χ4n) is 1.38. The standard InChI is InChI=1S/C10H11NO4/c1-5-6(10(13)14)3-4-7(9(11)12)8(5)15-2/h3-4H,1-2H3,(H2,11,12)(H,13,14). The molecule has 0 fully saturated rings. The first-order valence-corrected chi connectivity index (χ1v) is 4.19. The third-order valence-electron chi connectivity index (χ3n) is 2.11. The maximum absolute atomic E-state index is 11.0. The number of methoxy groups -OCH3 is 1. The smallest absolute Gasteiger partial charge is 0.336 e. The van der Waals surface area contributed by atoms with Crippen LogP contribution in [-0.4, -0.2) is 24.1 Å². The molecule has 0 unspecified atom stereocenters. The van der Waals surface area contributed by atoms with Gasteiger partial charge in [-0.2, -0.15) is 0 Å². The summed E-state index contributed by atoms with van der Waals surface area (Å²) in [7, 11) is 1.36. The van der Waals surface area contributed by atoms with Crippen LogP contribution in [0.1, 0.15) is 26.3 Å². The monoisotopic (exact) mass is 209 g/mol. The molecule has 1 rings (SSSR count). The average Bonchev–Trinajstić information content (AvgIpc) is 2.16. The number of carbonyl (C=O) groups excluding carboxylic acids is 1. The van der Waals surface area contributed by atoms with Gasteiger partial charge in [-0.05, 0) is 19.1 Å². The highest BCUT2D eigenvalue weighted by atomic mass is 16.5. The highest BCUT2D eigenvalue weighted by Gasteiger charge is 2.17. The Bertz CT molecular complexity index is 426. The van der Waals surface area contributed by atoms with Crippen LogP contribution in [0.2, 0.25) is 0 Å². The SMILES string of the molecule is COc1c(C(N)=O)ccc(C(=O)O)c1C. The van der Waals surface area contributed by atoms with Crippen molar-refractivity contribution in [2.75, 3.05) is 7.11 Å². The van der Waals surface area contributed by atoms with E-state index in [1.165, 1.54) is 19.2 Å². The van der Waals surface area contributed by atoms with E-state index in [9.17, 15) is 9.59 Å². The van der Waals surface area contributed by atoms with Gasteiger partial charge in [0.15, 0.2) is 0 Å². The topological polar surface area (TPSA) is 89.6 Å². The van der Waals surface area contributed by atoms with Crippen LogP contribution in [0.3, 0.4) is 0 Å². The first-order valence-electron chi connectivity index (χ1n) is 4.19. The molecule has 0 aliphatic heterocycles. The lowest BCUT2D eigenvalue weighted by Gasteiger charge is -2.10. The molecule has 0 saturated carbocycles. The van der Waals surface area contributed by atoms with Crippen molar-refractivity contribution in [2.24, 2.45) is 5.73 Å². The lowest BCUT2D eigenvalue weighted by molar-refractivity contribution is 0.0695. The summed E-state index contributed by atoms with van der Waals surface area (Å²) in [6, 6.07) is 2.68. The Balaban J connectivity index is 3.45. The molecule has 5 heteroatoms. The van der Waals surface area contributed by atoms with Crippen LogP contribution >= 0.6 is 0 Å². The van der Waals surface area contributed by atoms with Crippen molar-refractivity contribution in [3.8, 4) is 5.75 Å². The number of benzene rings is 1. The Morgan fingerprint density at radius 2 is 1.87 bits per heavy atom. The molecule has 1 aromatic rings. The Labute approximate surface area is 86.5 Å². The molecule has 0 aliphatic rings. The van der Waals surface area contributed by atoms with Crippen LogP contribution in [0.25, 0.3) is 0 Å². The summed E-state index contributed by atoms with van der Waals surface area (Å²) in [5.41, 5.74) is 5.78. The summed E-state index contributed by atoms with van der Waals surface area (Å²) in [5, 5.41) is 8.84. The van der Waals surface area contributed by atoms with E-state index < -0.39 is 11.9 Å². The minimum Gasteiger partial charge on any atom is -0.496 e. The van der Waals surface area contributed by atoms with E-state index in [4.69, 9.17) is 15.6 Å². The van der Waals surface area contributed by atoms with E-state index in [0.29, 0.717) is 5.56 Å². The van der Waals surface area contributed by atoms with Crippen LogP contribution in [-0.2, 0) is 0 Å². The second kappa shape index (κ2) is 4.00. The Morgan fingerprint density at radius 1 is 1.33 bits per heavy atom. The highest BCUT2D eigenvalue weighted by molar-refractivity contribution is 5.99. The fourth-order valence-corrected chi connectivity index (χ4v) is 1.38. The Kier molecular flexibility index (Phi) is 2.94. The minimum absolute atomic E-state index is 0.0943. The number of primary amides is 1. The molecule has 3 N–H and O–H groups in total. The van der Waals surface area contributed by atoms with E-state index in [2.05, 4.69) is 0 Å². The Hall–Kier alpha value is -2.04. The minimum atomic E-state index is -1.07. The van der Waals surface area contributed by atoms with Crippen molar-refractivity contribution in [3.05, 3.63) is 28.8 Å². The summed E-state index contributed by atoms with van der Waals surface area (Å²) in [6.45, 7) is 1.56. The van der Waals surface area contributed by atoms with E-state index in [1.807, 2.05) is 0 Å². The summed E-state index contributed by atoms with van der Waals surface area (Å²) in [6.07, 6.45) is 0. The van der Waals surface area contributed by atoms with Gasteiger partial charge in [-0.1, -0.05) is 0 Å². The average molecular weight is 209 g/mol. The predicted molar refractivity (Wildman–Crippen MR) is 53.2 cm³/mol. The second-order valence-electron chi connectivity index (χ2n) is 2.99. The van der Waals surface area contributed by atoms with Crippen molar-refractivity contribution >= 4 is 11.9 Å². The number of amides is 1. The van der Waals surface area contributed by atoms with Crippen molar-refractivity contribution in [1.82, 2.24) is 0 Å². The summed E-state index contributed by atoms with van der Waals surface area (Å²) < 4.78 is 4.96. The van der Waals surface area contributed by atoms with Gasteiger partial charge in [-0.25, -0.2) is 4.79 Å². The summed E-state index contributed by atoms with van der Waals surface area (Å²) in [4.78, 5) is 21.8. The lowest BCUT2D eigenvalue weighted by atomic mass is 10.0. The maximum Gasteiger partial charge on any atom is 0.336 e. The molecular weight excluding hydrogens is 198 g/mol. The predicted octanol–water partition coefficient (Wildman–Crippen LogP) is 0.801. The molecule has 0 heterocycles. The third kappa shape index (κ3) is 1.90. The van der Waals surface area contributed by atoms with Crippen molar-refractivity contribution in [3.63, 3.8) is 0 Å². The van der Waals surface area contributed by atoms with Gasteiger partial charge in [0.25, 0.3) is 5.91 Å². The summed E-state index contributed by atoms with van der Waals surface area (Å²) in [5.74, 6) is -1.50. The number of carboxylic acid groups (broad SMARTS) is 1. The molecule has 0 spiro atoms. The maximum atomic E-state index is 11.0. The normalized spacial score (nSPS) is 9.73. The first kappa shape index (κ1) is 11.0. The van der Waals surface area contributed by atoms with Gasteiger partial charge in [-0.15, -0.1) is 0 Å². The number of nitrogens with two attached hydrogens (primary N) is 1. The van der Waals surface area contributed by atoms with Gasteiger partial charge < -0.3 is 15.6 Å². The van der Waals surface area contributed by atoms with Gasteiger partial charge in [0.1, 0.15) is 5.75 Å². The number of carboxylic acids is 1. The van der Waals surface area contributed by atoms with Crippen molar-refractivity contribution < 1.29 is 19.4 Å². The third-order valence-corrected chi connectivity index (χ3v) is 2.11. The zero-order valence-electron chi connectivity index (χ0n) is 8.40. The van der Waals surface area contributed by atoms with Crippen LogP contribution in [0.4, 0.5) is 0 Å². The molecule has 5 nitrogen and oxygen atoms in total. The number of aromatic carboxylic acids is 1. The van der Waals surface area contributed by atoms with E-state index in [-0.39, 0.29) is 16.9 Å². The molecule has 1 amide bonds. The van der Waals surface area contributed by atoms with Crippen LogP contribution in [0, 0.1) is 6.92 Å². The number of carbonyl (C=O) groups is 2. The van der Waals surface area contributed by atoms with Gasteiger partial charge in [0, 0.05) is 5.56 Å². The number of hydrogen-bond donors (Lipinski definition) is 2. The zero-order valence-corrected chi connectivity index (χ0v) is 8.40. The van der Waals surface area contributed by atoms with E-state index in [0.717, 1.165) is 0 Å². The molecule has 0 bridgehead atoms. The molecule has 0 saturated heterocycles. The van der Waals surface area contributed by atoms with E-state index in [1.54, 1.807) is 6.92 Å². The molecule has 1 aromatic carbocycles. The van der Waals surface area contributed by atoms with Crippen LogP contribution in [0.15, 0.2) is 12.1 Å². The van der Waals surface area contributed by atoms with Gasteiger partial charge >= 0.3 is 5.97 Å². The molecule has 0 radical (unpaired) electrons. The molecule has 0 aliphatic carbocycles. The second-order valence-corrected chi connectivity index (χ2v) is 2.99. The fraction of sp³-hybridized carbons (Fsp3) is 0.200. The largest absolute Gasteiger partial charge is 0.496 e. The molecular formula is C10H11NO4. The zero-order chi connectivity index (χ0) is 11.6. The van der Waals surface area contributed by atoms with Crippen molar-refractivity contribution in [1.29, 1.82) is 0 Å². The van der Waals surface area contributed by atoms with Crippen molar-refractivity contribution in [2.45, 2.75) is 6.92 Å². The molecule has 0 aromatic heterocycles. The van der Waals surface area contributed by atoms with E-state index >= 15 is 0 Å². The van der Waals surface area contributed by atoms with Gasteiger partial charge in [0.05, 0.1) is 18.2 Å². The molecule has 80 valence electrons. The quantitative estimate of drug-likeness (QED) is 0.770. The van der Waals surface area contributed by atoms with Gasteiger partial charge in [0.2, 0.25) is 0 Å². The highest BCUT2D eigenvalue weighted by Crippen LogP contribution is 2.26. The lowest BCUT2D eigenvalue weighted by Crippen LogP contribution is -2.14. The number of ether oxygens (including phenoxy) is 1. The van der Waals surface area contributed by atoms with Gasteiger partial charge in [-0.3, -0.25) is 4.79 Å².